The van der Waals surface area contributed by atoms with E-state index in [4.69, 9.17) is 11.6 Å². The van der Waals surface area contributed by atoms with Gasteiger partial charge in [0.15, 0.2) is 0 Å². The SMILES string of the molecule is Cc1c(S(=O)(=O)N2CC[C@H](O)C[C@@H]2C(=O)O)sc2ccc(Cl)cc12. The number of piperidine rings is 1. The van der Waals surface area contributed by atoms with Crippen LogP contribution in [0.4, 0.5) is 0 Å². The largest absolute Gasteiger partial charge is 0.480 e. The predicted octanol–water partition coefficient (Wildman–Crippen LogP) is 2.46. The molecular weight excluding hydrogens is 374 g/mol. The maximum atomic E-state index is 13.0. The van der Waals surface area contributed by atoms with Crippen LogP contribution in [0, 0.1) is 6.92 Å². The van der Waals surface area contributed by atoms with Crippen LogP contribution in [-0.2, 0) is 14.8 Å². The average Bonchev–Trinajstić information content (AvgIpc) is 2.84. The monoisotopic (exact) mass is 389 g/mol. The van der Waals surface area contributed by atoms with E-state index in [0.29, 0.717) is 10.6 Å². The van der Waals surface area contributed by atoms with Crippen molar-refractivity contribution in [1.82, 2.24) is 4.31 Å². The van der Waals surface area contributed by atoms with E-state index in [1.807, 2.05) is 0 Å². The Morgan fingerprint density at radius 1 is 1.42 bits per heavy atom. The second-order valence-corrected chi connectivity index (χ2v) is 9.38. The molecule has 0 unspecified atom stereocenters. The Hall–Kier alpha value is -1.19. The standard InChI is InChI=1S/C15H16ClNO5S2/c1-8-11-6-9(16)2-3-13(11)23-15(8)24(21,22)17-5-4-10(18)7-12(17)14(19)20/h2-3,6,10,12,18H,4-5,7H2,1H3,(H,19,20)/t10-,12+/m0/s1. The number of hydrogen-bond acceptors (Lipinski definition) is 5. The molecule has 3 rings (SSSR count). The van der Waals surface area contributed by atoms with Gasteiger partial charge < -0.3 is 10.2 Å². The van der Waals surface area contributed by atoms with E-state index in [0.717, 1.165) is 25.7 Å². The molecule has 0 saturated carbocycles. The molecule has 2 heterocycles. The summed E-state index contributed by atoms with van der Waals surface area (Å²) in [6, 6.07) is 3.89. The summed E-state index contributed by atoms with van der Waals surface area (Å²) in [7, 11) is -3.97. The number of aryl methyl sites for hydroxylation is 1. The van der Waals surface area contributed by atoms with Gasteiger partial charge in [-0.1, -0.05) is 11.6 Å². The molecule has 1 aliphatic rings. The molecule has 1 aromatic heterocycles. The van der Waals surface area contributed by atoms with Crippen LogP contribution in [0.25, 0.3) is 10.1 Å². The number of carbonyl (C=O) groups is 1. The van der Waals surface area contributed by atoms with Crippen LogP contribution in [0.15, 0.2) is 22.4 Å². The fraction of sp³-hybridized carbons (Fsp3) is 0.400. The number of aliphatic hydroxyl groups is 1. The lowest BCUT2D eigenvalue weighted by atomic mass is 10.0. The molecule has 0 aliphatic carbocycles. The molecule has 9 heteroatoms. The molecule has 24 heavy (non-hydrogen) atoms. The number of sulfonamides is 1. The lowest BCUT2D eigenvalue weighted by molar-refractivity contribution is -0.143. The second-order valence-electron chi connectivity index (χ2n) is 5.80. The Morgan fingerprint density at radius 3 is 2.79 bits per heavy atom. The van der Waals surface area contributed by atoms with Crippen LogP contribution in [0.5, 0.6) is 0 Å². The van der Waals surface area contributed by atoms with E-state index in [9.17, 15) is 23.4 Å². The van der Waals surface area contributed by atoms with Crippen molar-refractivity contribution in [1.29, 1.82) is 0 Å². The highest BCUT2D eigenvalue weighted by Gasteiger charge is 2.41. The number of benzene rings is 1. The summed E-state index contributed by atoms with van der Waals surface area (Å²) in [5, 5.41) is 20.3. The van der Waals surface area contributed by atoms with Gasteiger partial charge in [-0.2, -0.15) is 4.31 Å². The zero-order valence-electron chi connectivity index (χ0n) is 12.8. The molecule has 1 aliphatic heterocycles. The first-order valence-electron chi connectivity index (χ1n) is 7.33. The normalized spacial score (nSPS) is 22.8. The Morgan fingerprint density at radius 2 is 2.12 bits per heavy atom. The number of rotatable bonds is 3. The van der Waals surface area contributed by atoms with Crippen LogP contribution in [-0.4, -0.2) is 47.6 Å². The van der Waals surface area contributed by atoms with E-state index in [1.165, 1.54) is 0 Å². The minimum atomic E-state index is -3.97. The van der Waals surface area contributed by atoms with Gasteiger partial charge in [-0.3, -0.25) is 4.79 Å². The van der Waals surface area contributed by atoms with Crippen molar-refractivity contribution in [2.24, 2.45) is 0 Å². The van der Waals surface area contributed by atoms with Crippen LogP contribution in [0.1, 0.15) is 18.4 Å². The highest BCUT2D eigenvalue weighted by molar-refractivity contribution is 7.91. The molecule has 2 aromatic rings. The Bertz CT molecular complexity index is 908. The molecule has 0 bridgehead atoms. The van der Waals surface area contributed by atoms with E-state index >= 15 is 0 Å². The topological polar surface area (TPSA) is 94.9 Å². The molecule has 0 radical (unpaired) electrons. The highest BCUT2D eigenvalue weighted by Crippen LogP contribution is 2.38. The zero-order chi connectivity index (χ0) is 17.6. The maximum Gasteiger partial charge on any atom is 0.322 e. The predicted molar refractivity (Wildman–Crippen MR) is 92.1 cm³/mol. The number of halogens is 1. The van der Waals surface area contributed by atoms with Gasteiger partial charge in [0, 0.05) is 22.7 Å². The third-order valence-electron chi connectivity index (χ3n) is 4.21. The summed E-state index contributed by atoms with van der Waals surface area (Å²) in [5.74, 6) is -1.25. The third kappa shape index (κ3) is 2.93. The van der Waals surface area contributed by atoms with Crippen LogP contribution >= 0.6 is 22.9 Å². The molecule has 2 N–H and O–H groups in total. The number of fused-ring (bicyclic) bond motifs is 1. The fourth-order valence-corrected chi connectivity index (χ4v) is 6.60. The van der Waals surface area contributed by atoms with E-state index < -0.39 is 28.1 Å². The molecule has 0 amide bonds. The third-order valence-corrected chi connectivity index (χ3v) is 8.22. The number of nitrogens with zero attached hydrogens (tertiary/aromatic N) is 1. The van der Waals surface area contributed by atoms with Crippen molar-refractivity contribution in [3.05, 3.63) is 28.8 Å². The smallest absolute Gasteiger partial charge is 0.322 e. The molecule has 2 atom stereocenters. The summed E-state index contributed by atoms with van der Waals surface area (Å²) in [6.07, 6.45) is -0.691. The molecule has 1 aromatic carbocycles. The summed E-state index contributed by atoms with van der Waals surface area (Å²) in [5.41, 5.74) is 0.563. The van der Waals surface area contributed by atoms with Crippen LogP contribution < -0.4 is 0 Å². The van der Waals surface area contributed by atoms with Gasteiger partial charge in [0.1, 0.15) is 10.3 Å². The van der Waals surface area contributed by atoms with Crippen molar-refractivity contribution in [2.75, 3.05) is 6.54 Å². The van der Waals surface area contributed by atoms with Crippen molar-refractivity contribution < 1.29 is 23.4 Å². The second kappa shape index (κ2) is 6.27. The van der Waals surface area contributed by atoms with E-state index in [-0.39, 0.29) is 23.6 Å². The first-order chi connectivity index (χ1) is 11.2. The molecular formula is C15H16ClNO5S2. The van der Waals surface area contributed by atoms with Gasteiger partial charge in [0.2, 0.25) is 0 Å². The fourth-order valence-electron chi connectivity index (χ4n) is 2.96. The van der Waals surface area contributed by atoms with Crippen molar-refractivity contribution in [3.8, 4) is 0 Å². The van der Waals surface area contributed by atoms with Gasteiger partial charge in [0.25, 0.3) is 10.0 Å². The van der Waals surface area contributed by atoms with Crippen LogP contribution in [0.2, 0.25) is 5.02 Å². The molecule has 130 valence electrons. The summed E-state index contributed by atoms with van der Waals surface area (Å²) in [6.45, 7) is 1.67. The van der Waals surface area contributed by atoms with E-state index in [2.05, 4.69) is 0 Å². The zero-order valence-corrected chi connectivity index (χ0v) is 15.2. The van der Waals surface area contributed by atoms with Crippen LogP contribution in [0.3, 0.4) is 0 Å². The van der Waals surface area contributed by atoms with Gasteiger partial charge in [-0.25, -0.2) is 8.42 Å². The number of carboxylic acid groups (broad SMARTS) is 1. The maximum absolute atomic E-state index is 13.0. The molecule has 0 spiro atoms. The van der Waals surface area contributed by atoms with Gasteiger partial charge in [0.05, 0.1) is 6.10 Å². The first-order valence-corrected chi connectivity index (χ1v) is 9.96. The molecule has 6 nitrogen and oxygen atoms in total. The number of carboxylic acids is 1. The average molecular weight is 390 g/mol. The van der Waals surface area contributed by atoms with Gasteiger partial charge in [-0.05, 0) is 42.5 Å². The number of aliphatic hydroxyl groups excluding tert-OH is 1. The first kappa shape index (κ1) is 17.6. The number of thiophene rings is 1. The van der Waals surface area contributed by atoms with Gasteiger partial charge in [-0.15, -0.1) is 11.3 Å². The lowest BCUT2D eigenvalue weighted by Crippen LogP contribution is -2.51. The quantitative estimate of drug-likeness (QED) is 0.840. The van der Waals surface area contributed by atoms with Gasteiger partial charge >= 0.3 is 5.97 Å². The summed E-state index contributed by atoms with van der Waals surface area (Å²) < 4.78 is 28.0. The number of hydrogen-bond donors (Lipinski definition) is 2. The molecule has 1 saturated heterocycles. The minimum absolute atomic E-state index is 0.0189. The summed E-state index contributed by atoms with van der Waals surface area (Å²) in [4.78, 5) is 11.5. The summed E-state index contributed by atoms with van der Waals surface area (Å²) >= 11 is 7.09. The van der Waals surface area contributed by atoms with Crippen molar-refractivity contribution in [2.45, 2.75) is 36.1 Å². The van der Waals surface area contributed by atoms with Crippen molar-refractivity contribution >= 4 is 49.0 Å². The highest BCUT2D eigenvalue weighted by atomic mass is 35.5. The number of aliphatic carboxylic acids is 1. The Balaban J connectivity index is 2.10. The minimum Gasteiger partial charge on any atom is -0.480 e. The molecule has 1 fully saturated rings. The van der Waals surface area contributed by atoms with E-state index in [1.54, 1.807) is 25.1 Å². The Labute approximate surface area is 148 Å². The Kier molecular flexibility index (Phi) is 4.61. The lowest BCUT2D eigenvalue weighted by Gasteiger charge is -2.34. The van der Waals surface area contributed by atoms with Crippen molar-refractivity contribution in [3.63, 3.8) is 0 Å².